The standard InChI is InChI=1S/C14H17NO2/c1-9-4-6-10(7-5-9)12-13(17)15-11(16)8-14(12,2)3/h4-7,12H,8H2,1-3H3,(H,15,16,17). The number of carbonyl (C=O) groups is 2. The second-order valence-corrected chi connectivity index (χ2v) is 5.42. The Balaban J connectivity index is 2.39. The van der Waals surface area contributed by atoms with Gasteiger partial charge >= 0.3 is 0 Å². The van der Waals surface area contributed by atoms with Gasteiger partial charge in [0.1, 0.15) is 0 Å². The molecule has 2 rings (SSSR count). The molecular formula is C14H17NO2. The number of nitrogens with one attached hydrogen (secondary N) is 1. The summed E-state index contributed by atoms with van der Waals surface area (Å²) in [6.07, 6.45) is 0.386. The minimum atomic E-state index is -0.325. The summed E-state index contributed by atoms with van der Waals surface area (Å²) in [6, 6.07) is 7.93. The van der Waals surface area contributed by atoms with E-state index in [1.165, 1.54) is 5.56 Å². The van der Waals surface area contributed by atoms with Gasteiger partial charge in [-0.05, 0) is 17.9 Å². The maximum Gasteiger partial charge on any atom is 0.234 e. The van der Waals surface area contributed by atoms with Crippen LogP contribution in [0.25, 0.3) is 0 Å². The number of piperidine rings is 1. The van der Waals surface area contributed by atoms with Crippen molar-refractivity contribution in [1.29, 1.82) is 0 Å². The lowest BCUT2D eigenvalue weighted by molar-refractivity contribution is -0.138. The Bertz CT molecular complexity index is 460. The lowest BCUT2D eigenvalue weighted by atomic mass is 9.70. The van der Waals surface area contributed by atoms with Crippen LogP contribution in [0.1, 0.15) is 37.3 Å². The van der Waals surface area contributed by atoms with E-state index in [4.69, 9.17) is 0 Å². The summed E-state index contributed by atoms with van der Waals surface area (Å²) < 4.78 is 0. The third-order valence-electron chi connectivity index (χ3n) is 3.33. The van der Waals surface area contributed by atoms with Crippen LogP contribution in [-0.2, 0) is 9.59 Å². The van der Waals surface area contributed by atoms with Crippen LogP contribution in [-0.4, -0.2) is 11.8 Å². The zero-order valence-electron chi connectivity index (χ0n) is 10.4. The van der Waals surface area contributed by atoms with Gasteiger partial charge in [0.15, 0.2) is 0 Å². The average Bonchev–Trinajstić information content (AvgIpc) is 2.18. The third kappa shape index (κ3) is 2.23. The highest BCUT2D eigenvalue weighted by atomic mass is 16.2. The van der Waals surface area contributed by atoms with Gasteiger partial charge in [0, 0.05) is 6.42 Å². The van der Waals surface area contributed by atoms with E-state index in [1.54, 1.807) is 0 Å². The molecule has 1 heterocycles. The summed E-state index contributed by atoms with van der Waals surface area (Å²) in [5.41, 5.74) is 1.82. The van der Waals surface area contributed by atoms with Crippen molar-refractivity contribution in [2.45, 2.75) is 33.1 Å². The van der Waals surface area contributed by atoms with Crippen molar-refractivity contribution >= 4 is 11.8 Å². The van der Waals surface area contributed by atoms with Crippen molar-refractivity contribution in [3.05, 3.63) is 35.4 Å². The number of imide groups is 1. The van der Waals surface area contributed by atoms with E-state index in [9.17, 15) is 9.59 Å². The number of aryl methyl sites for hydroxylation is 1. The van der Waals surface area contributed by atoms with E-state index in [0.717, 1.165) is 5.56 Å². The van der Waals surface area contributed by atoms with E-state index in [0.29, 0.717) is 6.42 Å². The number of carbonyl (C=O) groups excluding carboxylic acids is 2. The molecule has 1 aliphatic heterocycles. The summed E-state index contributed by atoms with van der Waals surface area (Å²) in [4.78, 5) is 23.4. The molecule has 1 unspecified atom stereocenters. The lowest BCUT2D eigenvalue weighted by Crippen LogP contribution is -2.48. The van der Waals surface area contributed by atoms with Crippen molar-refractivity contribution in [1.82, 2.24) is 5.32 Å². The van der Waals surface area contributed by atoms with Crippen LogP contribution in [0.4, 0.5) is 0 Å². The summed E-state index contributed by atoms with van der Waals surface area (Å²) in [5, 5.41) is 2.42. The molecule has 3 nitrogen and oxygen atoms in total. The molecule has 0 spiro atoms. The number of benzene rings is 1. The summed E-state index contributed by atoms with van der Waals surface area (Å²) in [6.45, 7) is 5.95. The lowest BCUT2D eigenvalue weighted by Gasteiger charge is -2.37. The van der Waals surface area contributed by atoms with Crippen LogP contribution in [0.15, 0.2) is 24.3 Å². The summed E-state index contributed by atoms with van der Waals surface area (Å²) in [7, 11) is 0. The van der Waals surface area contributed by atoms with Gasteiger partial charge < -0.3 is 0 Å². The van der Waals surface area contributed by atoms with Crippen LogP contribution < -0.4 is 5.32 Å². The molecular weight excluding hydrogens is 214 g/mol. The Labute approximate surface area is 101 Å². The van der Waals surface area contributed by atoms with Gasteiger partial charge in [-0.25, -0.2) is 0 Å². The zero-order chi connectivity index (χ0) is 12.6. The number of hydrogen-bond acceptors (Lipinski definition) is 2. The molecule has 1 atom stereocenters. The largest absolute Gasteiger partial charge is 0.296 e. The summed E-state index contributed by atoms with van der Waals surface area (Å²) in [5.74, 6) is -0.612. The topological polar surface area (TPSA) is 46.2 Å². The predicted molar refractivity (Wildman–Crippen MR) is 65.5 cm³/mol. The van der Waals surface area contributed by atoms with Crippen molar-refractivity contribution in [2.24, 2.45) is 5.41 Å². The highest BCUT2D eigenvalue weighted by Gasteiger charge is 2.42. The van der Waals surface area contributed by atoms with E-state index >= 15 is 0 Å². The van der Waals surface area contributed by atoms with Crippen LogP contribution in [0, 0.1) is 12.3 Å². The van der Waals surface area contributed by atoms with Gasteiger partial charge in [-0.1, -0.05) is 43.7 Å². The molecule has 17 heavy (non-hydrogen) atoms. The van der Waals surface area contributed by atoms with Gasteiger partial charge in [0.25, 0.3) is 0 Å². The first-order valence-electron chi connectivity index (χ1n) is 5.80. The van der Waals surface area contributed by atoms with Gasteiger partial charge in [-0.15, -0.1) is 0 Å². The van der Waals surface area contributed by atoms with E-state index in [-0.39, 0.29) is 23.1 Å². The molecule has 3 heteroatoms. The first-order valence-corrected chi connectivity index (χ1v) is 5.80. The van der Waals surface area contributed by atoms with Crippen LogP contribution in [0.5, 0.6) is 0 Å². The highest BCUT2D eigenvalue weighted by Crippen LogP contribution is 2.40. The molecule has 1 N–H and O–H groups in total. The molecule has 1 aromatic rings. The molecule has 0 bridgehead atoms. The first-order chi connectivity index (χ1) is 7.90. The maximum absolute atomic E-state index is 12.0. The molecule has 0 aliphatic carbocycles. The quantitative estimate of drug-likeness (QED) is 0.753. The molecule has 0 aromatic heterocycles. The zero-order valence-corrected chi connectivity index (χ0v) is 10.4. The Morgan fingerprint density at radius 3 is 2.29 bits per heavy atom. The van der Waals surface area contributed by atoms with Crippen LogP contribution in [0.3, 0.4) is 0 Å². The fraction of sp³-hybridized carbons (Fsp3) is 0.429. The van der Waals surface area contributed by atoms with E-state index in [1.807, 2.05) is 45.0 Å². The van der Waals surface area contributed by atoms with Gasteiger partial charge in [-0.2, -0.15) is 0 Å². The van der Waals surface area contributed by atoms with Crippen LogP contribution >= 0.6 is 0 Å². The molecule has 0 radical (unpaired) electrons. The predicted octanol–water partition coefficient (Wildman–Crippen LogP) is 2.15. The number of amides is 2. The first kappa shape index (κ1) is 11.8. The van der Waals surface area contributed by atoms with Crippen LogP contribution in [0.2, 0.25) is 0 Å². The van der Waals surface area contributed by atoms with E-state index < -0.39 is 0 Å². The molecule has 2 amide bonds. The monoisotopic (exact) mass is 231 g/mol. The Morgan fingerprint density at radius 1 is 1.18 bits per heavy atom. The molecule has 90 valence electrons. The van der Waals surface area contributed by atoms with Crippen molar-refractivity contribution in [3.8, 4) is 0 Å². The Morgan fingerprint density at radius 2 is 1.76 bits per heavy atom. The third-order valence-corrected chi connectivity index (χ3v) is 3.33. The second-order valence-electron chi connectivity index (χ2n) is 5.42. The van der Waals surface area contributed by atoms with Crippen molar-refractivity contribution < 1.29 is 9.59 Å². The highest BCUT2D eigenvalue weighted by molar-refractivity contribution is 6.02. The van der Waals surface area contributed by atoms with Gasteiger partial charge in [0.2, 0.25) is 11.8 Å². The smallest absolute Gasteiger partial charge is 0.234 e. The molecule has 1 saturated heterocycles. The normalized spacial score (nSPS) is 23.4. The Kier molecular flexibility index (Phi) is 2.77. The molecule has 0 saturated carbocycles. The van der Waals surface area contributed by atoms with Gasteiger partial charge in [-0.3, -0.25) is 14.9 Å². The number of rotatable bonds is 1. The minimum Gasteiger partial charge on any atom is -0.296 e. The van der Waals surface area contributed by atoms with Crippen molar-refractivity contribution in [3.63, 3.8) is 0 Å². The minimum absolute atomic E-state index is 0.177. The Hall–Kier alpha value is -1.64. The van der Waals surface area contributed by atoms with E-state index in [2.05, 4.69) is 5.32 Å². The molecule has 1 aromatic carbocycles. The maximum atomic E-state index is 12.0. The average molecular weight is 231 g/mol. The summed E-state index contributed by atoms with van der Waals surface area (Å²) >= 11 is 0. The molecule has 1 aliphatic rings. The van der Waals surface area contributed by atoms with Crippen molar-refractivity contribution in [2.75, 3.05) is 0 Å². The molecule has 1 fully saturated rings. The van der Waals surface area contributed by atoms with Gasteiger partial charge in [0.05, 0.1) is 5.92 Å². The second kappa shape index (κ2) is 3.99. The number of hydrogen-bond donors (Lipinski definition) is 1. The fourth-order valence-corrected chi connectivity index (χ4v) is 2.49. The SMILES string of the molecule is Cc1ccc(C2C(=O)NC(=O)CC2(C)C)cc1. The fourth-order valence-electron chi connectivity index (χ4n) is 2.49.